The van der Waals surface area contributed by atoms with Crippen LogP contribution >= 0.6 is 0 Å². The largest absolute Gasteiger partial charge is 0.350 e. The number of amides is 1. The molecule has 0 saturated carbocycles. The quantitative estimate of drug-likeness (QED) is 0.777. The van der Waals surface area contributed by atoms with Gasteiger partial charge in [0.1, 0.15) is 0 Å². The zero-order valence-electron chi connectivity index (χ0n) is 13.5. The summed E-state index contributed by atoms with van der Waals surface area (Å²) in [7, 11) is 0. The number of hydrogen-bond donors (Lipinski definition) is 2. The van der Waals surface area contributed by atoms with Crippen molar-refractivity contribution >= 4 is 5.91 Å². The molecular formula is C16H32N2O. The van der Waals surface area contributed by atoms with E-state index >= 15 is 0 Å². The predicted octanol–water partition coefficient (Wildman–Crippen LogP) is 2.95. The van der Waals surface area contributed by atoms with E-state index < -0.39 is 0 Å². The highest BCUT2D eigenvalue weighted by Gasteiger charge is 2.35. The minimum absolute atomic E-state index is 0.00726. The Kier molecular flexibility index (Phi) is 6.31. The molecule has 1 aliphatic rings. The molecule has 3 atom stereocenters. The van der Waals surface area contributed by atoms with Gasteiger partial charge in [0.05, 0.1) is 6.04 Å². The molecule has 1 aliphatic heterocycles. The second-order valence-corrected chi connectivity index (χ2v) is 7.33. The van der Waals surface area contributed by atoms with Gasteiger partial charge in [0.25, 0.3) is 0 Å². The second kappa shape index (κ2) is 7.28. The number of nitrogens with one attached hydrogen (secondary N) is 2. The van der Waals surface area contributed by atoms with Crippen LogP contribution < -0.4 is 10.6 Å². The Bertz CT molecular complexity index is 286. The molecule has 0 radical (unpaired) electrons. The van der Waals surface area contributed by atoms with Crippen molar-refractivity contribution < 1.29 is 4.79 Å². The lowest BCUT2D eigenvalue weighted by molar-refractivity contribution is -0.127. The molecule has 1 fully saturated rings. The molecule has 0 spiro atoms. The number of piperazine rings is 1. The topological polar surface area (TPSA) is 41.1 Å². The number of hydrogen-bond acceptors (Lipinski definition) is 2. The summed E-state index contributed by atoms with van der Waals surface area (Å²) in [6.45, 7) is 13.3. The molecule has 1 heterocycles. The Hall–Kier alpha value is -0.570. The summed E-state index contributed by atoms with van der Waals surface area (Å²) < 4.78 is 0. The third-order valence-corrected chi connectivity index (χ3v) is 3.70. The normalized spacial score (nSPS) is 28.3. The van der Waals surface area contributed by atoms with Gasteiger partial charge in [-0.3, -0.25) is 4.79 Å². The maximum atomic E-state index is 12.2. The molecule has 3 heteroatoms. The zero-order valence-corrected chi connectivity index (χ0v) is 13.5. The Balaban J connectivity index is 2.70. The van der Waals surface area contributed by atoms with Gasteiger partial charge in [-0.2, -0.15) is 0 Å². The van der Waals surface area contributed by atoms with Gasteiger partial charge in [0, 0.05) is 12.1 Å². The molecule has 2 N–H and O–H groups in total. The fourth-order valence-corrected chi connectivity index (χ4v) is 2.95. The van der Waals surface area contributed by atoms with Crippen molar-refractivity contribution in [1.29, 1.82) is 0 Å². The van der Waals surface area contributed by atoms with Crippen molar-refractivity contribution in [2.45, 2.75) is 78.9 Å². The van der Waals surface area contributed by atoms with Gasteiger partial charge in [0.15, 0.2) is 0 Å². The molecular weight excluding hydrogens is 236 g/mol. The van der Waals surface area contributed by atoms with Gasteiger partial charge in [0.2, 0.25) is 5.91 Å². The summed E-state index contributed by atoms with van der Waals surface area (Å²) in [6.07, 6.45) is 3.12. The van der Waals surface area contributed by atoms with Crippen LogP contribution in [0.25, 0.3) is 0 Å². The molecule has 0 unspecified atom stereocenters. The van der Waals surface area contributed by atoms with Gasteiger partial charge in [-0.05, 0) is 37.0 Å². The number of rotatable bonds is 6. The molecule has 0 aromatic rings. The molecule has 3 nitrogen and oxygen atoms in total. The maximum Gasteiger partial charge on any atom is 0.237 e. The Morgan fingerprint density at radius 1 is 0.842 bits per heavy atom. The highest BCUT2D eigenvalue weighted by molar-refractivity contribution is 5.83. The zero-order chi connectivity index (χ0) is 14.6. The van der Waals surface area contributed by atoms with Crippen LogP contribution in [0.2, 0.25) is 0 Å². The predicted molar refractivity (Wildman–Crippen MR) is 81.0 cm³/mol. The molecule has 0 aromatic heterocycles. The van der Waals surface area contributed by atoms with E-state index in [2.05, 4.69) is 52.2 Å². The minimum Gasteiger partial charge on any atom is -0.350 e. The molecule has 112 valence electrons. The summed E-state index contributed by atoms with van der Waals surface area (Å²) in [6, 6.07) is 0.703. The summed E-state index contributed by atoms with van der Waals surface area (Å²) in [5, 5.41) is 6.87. The average molecular weight is 268 g/mol. The molecule has 0 aliphatic carbocycles. The van der Waals surface area contributed by atoms with E-state index in [-0.39, 0.29) is 11.9 Å². The highest BCUT2D eigenvalue weighted by Crippen LogP contribution is 2.20. The third kappa shape index (κ3) is 5.52. The van der Waals surface area contributed by atoms with E-state index in [1.54, 1.807) is 0 Å². The van der Waals surface area contributed by atoms with E-state index in [0.29, 0.717) is 29.8 Å². The van der Waals surface area contributed by atoms with E-state index in [4.69, 9.17) is 0 Å². The number of carbonyl (C=O) groups is 1. The maximum absolute atomic E-state index is 12.2. The van der Waals surface area contributed by atoms with E-state index in [9.17, 15) is 4.79 Å². The van der Waals surface area contributed by atoms with Gasteiger partial charge in [-0.15, -0.1) is 0 Å². The van der Waals surface area contributed by atoms with Crippen LogP contribution in [0.3, 0.4) is 0 Å². The van der Waals surface area contributed by atoms with Gasteiger partial charge >= 0.3 is 0 Å². The van der Waals surface area contributed by atoms with Crippen molar-refractivity contribution in [3.63, 3.8) is 0 Å². The highest BCUT2D eigenvalue weighted by atomic mass is 16.2. The second-order valence-electron chi connectivity index (χ2n) is 7.33. The van der Waals surface area contributed by atoms with Crippen molar-refractivity contribution in [2.24, 2.45) is 17.8 Å². The lowest BCUT2D eigenvalue weighted by atomic mass is 9.87. The van der Waals surface area contributed by atoms with Crippen LogP contribution in [0.4, 0.5) is 0 Å². The number of carbonyl (C=O) groups excluding carboxylic acids is 1. The minimum atomic E-state index is -0.00726. The van der Waals surface area contributed by atoms with Crippen LogP contribution in [0.5, 0.6) is 0 Å². The summed E-state index contributed by atoms with van der Waals surface area (Å²) in [5.41, 5.74) is 0. The molecule has 0 bridgehead atoms. The molecule has 0 aromatic carbocycles. The fourth-order valence-electron chi connectivity index (χ4n) is 2.95. The first-order chi connectivity index (χ1) is 8.79. The summed E-state index contributed by atoms with van der Waals surface area (Å²) in [4.78, 5) is 12.2. The molecule has 1 rings (SSSR count). The standard InChI is InChI=1S/C16H32N2O/c1-10(2)7-13-14(8-11(3)4)18-16(19)15(17-13)9-12(5)6/h10-15,17H,7-9H2,1-6H3,(H,18,19)/t13-,14+,15+/m0/s1. The van der Waals surface area contributed by atoms with Gasteiger partial charge in [-0.25, -0.2) is 0 Å². The molecule has 1 amide bonds. The van der Waals surface area contributed by atoms with Crippen LogP contribution in [0, 0.1) is 17.8 Å². The van der Waals surface area contributed by atoms with Crippen LogP contribution in [0.15, 0.2) is 0 Å². The smallest absolute Gasteiger partial charge is 0.237 e. The monoisotopic (exact) mass is 268 g/mol. The van der Waals surface area contributed by atoms with E-state index in [1.165, 1.54) is 0 Å². The first-order valence-corrected chi connectivity index (χ1v) is 7.86. The van der Waals surface area contributed by atoms with Crippen LogP contribution in [-0.4, -0.2) is 24.0 Å². The molecule has 1 saturated heterocycles. The third-order valence-electron chi connectivity index (χ3n) is 3.70. The Morgan fingerprint density at radius 3 is 1.79 bits per heavy atom. The average Bonchev–Trinajstić information content (AvgIpc) is 2.22. The van der Waals surface area contributed by atoms with Gasteiger partial charge < -0.3 is 10.6 Å². The summed E-state index contributed by atoms with van der Waals surface area (Å²) in [5.74, 6) is 2.01. The van der Waals surface area contributed by atoms with Gasteiger partial charge in [-0.1, -0.05) is 41.5 Å². The van der Waals surface area contributed by atoms with Crippen molar-refractivity contribution in [2.75, 3.05) is 0 Å². The lowest BCUT2D eigenvalue weighted by Gasteiger charge is -2.40. The molecule has 19 heavy (non-hydrogen) atoms. The van der Waals surface area contributed by atoms with Crippen molar-refractivity contribution in [3.8, 4) is 0 Å². The Labute approximate surface area is 118 Å². The summed E-state index contributed by atoms with van der Waals surface area (Å²) >= 11 is 0. The van der Waals surface area contributed by atoms with E-state index in [1.807, 2.05) is 0 Å². The fraction of sp³-hybridized carbons (Fsp3) is 0.938. The first-order valence-electron chi connectivity index (χ1n) is 7.86. The SMILES string of the molecule is CC(C)C[C@@H]1N[C@H](CC(C)C)C(=O)N[C@@H]1CC(C)C. The van der Waals surface area contributed by atoms with E-state index in [0.717, 1.165) is 19.3 Å². The van der Waals surface area contributed by atoms with Crippen LogP contribution in [0.1, 0.15) is 60.8 Å². The van der Waals surface area contributed by atoms with Crippen molar-refractivity contribution in [3.05, 3.63) is 0 Å². The van der Waals surface area contributed by atoms with Crippen molar-refractivity contribution in [1.82, 2.24) is 10.6 Å². The van der Waals surface area contributed by atoms with Crippen LogP contribution in [-0.2, 0) is 4.79 Å². The first kappa shape index (κ1) is 16.5. The Morgan fingerprint density at radius 2 is 1.32 bits per heavy atom. The lowest BCUT2D eigenvalue weighted by Crippen LogP contribution is -2.64.